The van der Waals surface area contributed by atoms with Gasteiger partial charge in [-0.05, 0) is 31.0 Å². The summed E-state index contributed by atoms with van der Waals surface area (Å²) in [6.07, 6.45) is 0.992. The maximum atomic E-state index is 11.8. The molecule has 0 atom stereocenters. The number of esters is 1. The molecule has 0 aliphatic heterocycles. The molecule has 0 aliphatic carbocycles. The van der Waals surface area contributed by atoms with E-state index in [2.05, 4.69) is 0 Å². The Bertz CT molecular complexity index is 429. The van der Waals surface area contributed by atoms with Crippen LogP contribution in [-0.2, 0) is 20.7 Å². The first-order valence-electron chi connectivity index (χ1n) is 6.27. The van der Waals surface area contributed by atoms with Crippen molar-refractivity contribution in [3.05, 3.63) is 29.8 Å². The topological polar surface area (TPSA) is 72.6 Å². The van der Waals surface area contributed by atoms with E-state index >= 15 is 0 Å². The largest absolute Gasteiger partial charge is 0.465 e. The number of ether oxygens (including phenoxy) is 1. The molecule has 1 aromatic carbocycles. The highest BCUT2D eigenvalue weighted by Crippen LogP contribution is 2.08. The molecular formula is C14H20N2O3. The summed E-state index contributed by atoms with van der Waals surface area (Å²) in [5.74, 6) is -0.462. The van der Waals surface area contributed by atoms with Crippen molar-refractivity contribution >= 4 is 17.6 Å². The number of aryl methyl sites for hydroxylation is 1. The van der Waals surface area contributed by atoms with Gasteiger partial charge in [0.25, 0.3) is 0 Å². The van der Waals surface area contributed by atoms with Crippen molar-refractivity contribution in [2.75, 3.05) is 25.9 Å². The smallest absolute Gasteiger partial charge is 0.325 e. The van der Waals surface area contributed by atoms with Crippen LogP contribution in [0, 0.1) is 0 Å². The van der Waals surface area contributed by atoms with Crippen LogP contribution in [0.2, 0.25) is 0 Å². The number of likely N-dealkylation sites (N-methyl/N-ethyl adjacent to an activating group) is 1. The lowest BCUT2D eigenvalue weighted by molar-refractivity contribution is -0.148. The predicted molar refractivity (Wildman–Crippen MR) is 73.4 cm³/mol. The average molecular weight is 264 g/mol. The number of carbonyl (C=O) groups excluding carboxylic acids is 2. The number of nitrogen functional groups attached to an aromatic ring is 1. The van der Waals surface area contributed by atoms with E-state index in [1.54, 1.807) is 14.0 Å². The normalized spacial score (nSPS) is 10.0. The molecule has 1 amide bonds. The summed E-state index contributed by atoms with van der Waals surface area (Å²) in [6.45, 7) is 2.06. The number of hydrogen-bond donors (Lipinski definition) is 1. The number of amides is 1. The first-order valence-corrected chi connectivity index (χ1v) is 6.27. The van der Waals surface area contributed by atoms with Gasteiger partial charge in [0.2, 0.25) is 5.91 Å². The molecule has 1 rings (SSSR count). The second-order valence-electron chi connectivity index (χ2n) is 4.30. The van der Waals surface area contributed by atoms with Gasteiger partial charge < -0.3 is 15.4 Å². The van der Waals surface area contributed by atoms with Crippen molar-refractivity contribution in [3.63, 3.8) is 0 Å². The zero-order valence-corrected chi connectivity index (χ0v) is 11.4. The summed E-state index contributed by atoms with van der Waals surface area (Å²) in [4.78, 5) is 24.4. The van der Waals surface area contributed by atoms with E-state index in [0.29, 0.717) is 25.1 Å². The van der Waals surface area contributed by atoms with Crippen LogP contribution in [0.5, 0.6) is 0 Å². The molecule has 0 aliphatic rings. The van der Waals surface area contributed by atoms with Crippen LogP contribution in [0.4, 0.5) is 5.69 Å². The summed E-state index contributed by atoms with van der Waals surface area (Å²) >= 11 is 0. The number of anilines is 1. The van der Waals surface area contributed by atoms with E-state index in [1.807, 2.05) is 24.3 Å². The zero-order valence-electron chi connectivity index (χ0n) is 11.4. The van der Waals surface area contributed by atoms with Gasteiger partial charge in [0.15, 0.2) is 0 Å². The van der Waals surface area contributed by atoms with E-state index in [9.17, 15) is 9.59 Å². The molecule has 0 bridgehead atoms. The van der Waals surface area contributed by atoms with Gasteiger partial charge in [-0.15, -0.1) is 0 Å². The zero-order chi connectivity index (χ0) is 14.3. The molecule has 0 unspecified atom stereocenters. The maximum Gasteiger partial charge on any atom is 0.325 e. The van der Waals surface area contributed by atoms with Gasteiger partial charge >= 0.3 is 5.97 Å². The van der Waals surface area contributed by atoms with Crippen molar-refractivity contribution < 1.29 is 14.3 Å². The van der Waals surface area contributed by atoms with Crippen molar-refractivity contribution in [2.45, 2.75) is 19.8 Å². The Labute approximate surface area is 113 Å². The number of carbonyl (C=O) groups is 2. The predicted octanol–water partition coefficient (Wildman–Crippen LogP) is 1.22. The average Bonchev–Trinajstić information content (AvgIpc) is 2.37. The van der Waals surface area contributed by atoms with Crippen LogP contribution in [0.25, 0.3) is 0 Å². The van der Waals surface area contributed by atoms with Crippen molar-refractivity contribution in [3.8, 4) is 0 Å². The fraction of sp³-hybridized carbons (Fsp3) is 0.429. The fourth-order valence-electron chi connectivity index (χ4n) is 1.61. The van der Waals surface area contributed by atoms with Crippen LogP contribution >= 0.6 is 0 Å². The molecule has 0 heterocycles. The Hall–Kier alpha value is -2.04. The standard InChI is InChI=1S/C14H20N2O3/c1-3-19-14(18)10-16(2)13(17)9-6-11-4-7-12(15)8-5-11/h4-5,7-8H,3,6,9-10,15H2,1-2H3. The molecule has 0 saturated heterocycles. The monoisotopic (exact) mass is 264 g/mol. The molecule has 5 nitrogen and oxygen atoms in total. The van der Waals surface area contributed by atoms with E-state index in [1.165, 1.54) is 4.90 Å². The van der Waals surface area contributed by atoms with E-state index < -0.39 is 0 Å². The van der Waals surface area contributed by atoms with Crippen LogP contribution < -0.4 is 5.73 Å². The number of hydrogen-bond acceptors (Lipinski definition) is 4. The number of rotatable bonds is 6. The third-order valence-corrected chi connectivity index (χ3v) is 2.70. The molecule has 0 saturated carbocycles. The Morgan fingerprint density at radius 2 is 1.89 bits per heavy atom. The van der Waals surface area contributed by atoms with E-state index in [-0.39, 0.29) is 18.4 Å². The summed E-state index contributed by atoms with van der Waals surface area (Å²) in [5, 5.41) is 0. The van der Waals surface area contributed by atoms with Crippen LogP contribution in [0.15, 0.2) is 24.3 Å². The van der Waals surface area contributed by atoms with Gasteiger partial charge in [0.1, 0.15) is 6.54 Å². The summed E-state index contributed by atoms with van der Waals surface area (Å²) < 4.78 is 4.79. The Kier molecular flexibility index (Phi) is 5.85. The minimum Gasteiger partial charge on any atom is -0.465 e. The second-order valence-corrected chi connectivity index (χ2v) is 4.30. The van der Waals surface area contributed by atoms with Crippen LogP contribution in [0.1, 0.15) is 18.9 Å². The van der Waals surface area contributed by atoms with Gasteiger partial charge in [0, 0.05) is 19.2 Å². The SMILES string of the molecule is CCOC(=O)CN(C)C(=O)CCc1ccc(N)cc1. The Morgan fingerprint density at radius 3 is 2.47 bits per heavy atom. The molecular weight excluding hydrogens is 244 g/mol. The molecule has 0 radical (unpaired) electrons. The number of nitrogens with two attached hydrogens (primary N) is 1. The van der Waals surface area contributed by atoms with E-state index in [4.69, 9.17) is 10.5 Å². The summed E-state index contributed by atoms with van der Waals surface area (Å²) in [5.41, 5.74) is 7.34. The first kappa shape index (κ1) is 15.0. The minimum absolute atomic E-state index is 0.00554. The first-order chi connectivity index (χ1) is 9.02. The van der Waals surface area contributed by atoms with Crippen molar-refractivity contribution in [2.24, 2.45) is 0 Å². The highest BCUT2D eigenvalue weighted by Gasteiger charge is 2.13. The summed E-state index contributed by atoms with van der Waals surface area (Å²) in [6, 6.07) is 7.41. The van der Waals surface area contributed by atoms with Gasteiger partial charge in [-0.3, -0.25) is 9.59 Å². The highest BCUT2D eigenvalue weighted by atomic mass is 16.5. The second kappa shape index (κ2) is 7.41. The van der Waals surface area contributed by atoms with E-state index in [0.717, 1.165) is 5.56 Å². The molecule has 0 fully saturated rings. The van der Waals surface area contributed by atoms with Gasteiger partial charge in [-0.2, -0.15) is 0 Å². The quantitative estimate of drug-likeness (QED) is 0.619. The molecule has 0 spiro atoms. The summed E-state index contributed by atoms with van der Waals surface area (Å²) in [7, 11) is 1.60. The Morgan fingerprint density at radius 1 is 1.26 bits per heavy atom. The minimum atomic E-state index is -0.383. The number of benzene rings is 1. The lowest BCUT2D eigenvalue weighted by atomic mass is 10.1. The van der Waals surface area contributed by atoms with Crippen molar-refractivity contribution in [1.29, 1.82) is 0 Å². The van der Waals surface area contributed by atoms with Gasteiger partial charge in [0.05, 0.1) is 6.61 Å². The Balaban J connectivity index is 2.38. The third-order valence-electron chi connectivity index (χ3n) is 2.70. The number of nitrogens with zero attached hydrogens (tertiary/aromatic N) is 1. The van der Waals surface area contributed by atoms with Gasteiger partial charge in [-0.25, -0.2) is 0 Å². The lowest BCUT2D eigenvalue weighted by Gasteiger charge is -2.16. The van der Waals surface area contributed by atoms with Crippen molar-refractivity contribution in [1.82, 2.24) is 4.90 Å². The van der Waals surface area contributed by atoms with Gasteiger partial charge in [-0.1, -0.05) is 12.1 Å². The van der Waals surface area contributed by atoms with Crippen LogP contribution in [-0.4, -0.2) is 37.0 Å². The highest BCUT2D eigenvalue weighted by molar-refractivity contribution is 5.81. The third kappa shape index (κ3) is 5.42. The molecule has 1 aromatic rings. The molecule has 2 N–H and O–H groups in total. The molecule has 104 valence electrons. The maximum absolute atomic E-state index is 11.8. The molecule has 19 heavy (non-hydrogen) atoms. The molecule has 0 aromatic heterocycles. The fourth-order valence-corrected chi connectivity index (χ4v) is 1.61. The molecule has 5 heteroatoms. The van der Waals surface area contributed by atoms with Crippen LogP contribution in [0.3, 0.4) is 0 Å². The lowest BCUT2D eigenvalue weighted by Crippen LogP contribution is -2.33.